The van der Waals surface area contributed by atoms with E-state index in [1.165, 1.54) is 14.2 Å². The number of rotatable bonds is 3. The van der Waals surface area contributed by atoms with Gasteiger partial charge >= 0.3 is 7.60 Å². The maximum absolute atomic E-state index is 11.5. The second kappa shape index (κ2) is 3.34. The van der Waals surface area contributed by atoms with Crippen molar-refractivity contribution in [2.45, 2.75) is 6.42 Å². The van der Waals surface area contributed by atoms with Crippen LogP contribution in [-0.4, -0.2) is 26.3 Å². The van der Waals surface area contributed by atoms with Crippen LogP contribution >= 0.6 is 7.60 Å². The van der Waals surface area contributed by atoms with Gasteiger partial charge in [-0.25, -0.2) is 0 Å². The van der Waals surface area contributed by atoms with Crippen molar-refractivity contribution in [3.63, 3.8) is 0 Å². The molecule has 64 valence electrons. The van der Waals surface area contributed by atoms with Crippen LogP contribution in [0.3, 0.4) is 0 Å². The fourth-order valence-corrected chi connectivity index (χ4v) is 1.87. The van der Waals surface area contributed by atoms with Crippen LogP contribution < -0.4 is 0 Å². The predicted molar refractivity (Wildman–Crippen MR) is 39.6 cm³/mol. The molecule has 1 rings (SSSR count). The summed E-state index contributed by atoms with van der Waals surface area (Å²) in [6.07, 6.45) is 0.513. The Kier molecular flexibility index (Phi) is 2.65. The monoisotopic (exact) mass is 179 g/mol. The lowest BCUT2D eigenvalue weighted by Gasteiger charge is -2.10. The van der Waals surface area contributed by atoms with Crippen LogP contribution in [0.25, 0.3) is 0 Å². The average Bonchev–Trinajstić information content (AvgIpc) is 2.55. The van der Waals surface area contributed by atoms with Gasteiger partial charge in [0.05, 0.1) is 0 Å². The molecule has 0 aromatic carbocycles. The number of oxime groups is 1. The fourth-order valence-electron chi connectivity index (χ4n) is 0.775. The van der Waals surface area contributed by atoms with Crippen molar-refractivity contribution in [1.82, 2.24) is 0 Å². The molecule has 0 N–H and O–H groups in total. The highest BCUT2D eigenvalue weighted by atomic mass is 31.2. The van der Waals surface area contributed by atoms with Crippen molar-refractivity contribution in [2.75, 3.05) is 20.8 Å². The number of hydrogen-bond acceptors (Lipinski definition) is 5. The summed E-state index contributed by atoms with van der Waals surface area (Å²) in [5.74, 6) is 0. The minimum Gasteiger partial charge on any atom is -0.395 e. The van der Waals surface area contributed by atoms with Crippen LogP contribution in [0.2, 0.25) is 0 Å². The maximum Gasteiger partial charge on any atom is 0.378 e. The lowest BCUT2D eigenvalue weighted by molar-refractivity contribution is 0.173. The molecule has 0 aliphatic carbocycles. The van der Waals surface area contributed by atoms with Crippen LogP contribution in [0.4, 0.5) is 0 Å². The molecule has 11 heavy (non-hydrogen) atoms. The summed E-state index contributed by atoms with van der Waals surface area (Å²) in [5.41, 5.74) is 0.363. The lowest BCUT2D eigenvalue weighted by Crippen LogP contribution is -2.00. The first kappa shape index (κ1) is 8.71. The van der Waals surface area contributed by atoms with Crippen molar-refractivity contribution >= 4 is 13.0 Å². The molecule has 0 amide bonds. The van der Waals surface area contributed by atoms with E-state index in [9.17, 15) is 4.57 Å². The third kappa shape index (κ3) is 1.61. The second-order valence-electron chi connectivity index (χ2n) is 1.95. The van der Waals surface area contributed by atoms with E-state index in [4.69, 9.17) is 9.05 Å². The average molecular weight is 179 g/mol. The van der Waals surface area contributed by atoms with Gasteiger partial charge in [-0.3, -0.25) is 4.57 Å². The van der Waals surface area contributed by atoms with E-state index in [-0.39, 0.29) is 0 Å². The molecule has 5 nitrogen and oxygen atoms in total. The maximum atomic E-state index is 11.5. The fraction of sp³-hybridized carbons (Fsp3) is 0.800. The summed E-state index contributed by atoms with van der Waals surface area (Å²) in [6, 6.07) is 0. The molecule has 0 atom stereocenters. The summed E-state index contributed by atoms with van der Waals surface area (Å²) in [7, 11) is -0.455. The van der Waals surface area contributed by atoms with E-state index in [1.807, 2.05) is 0 Å². The van der Waals surface area contributed by atoms with Gasteiger partial charge in [-0.2, -0.15) is 0 Å². The van der Waals surface area contributed by atoms with Gasteiger partial charge in [-0.05, 0) is 0 Å². The van der Waals surface area contributed by atoms with Gasteiger partial charge in [0.15, 0.2) is 5.45 Å². The Balaban J connectivity index is 2.76. The topological polar surface area (TPSA) is 57.1 Å². The van der Waals surface area contributed by atoms with E-state index in [0.29, 0.717) is 18.5 Å². The molecule has 1 aliphatic heterocycles. The van der Waals surface area contributed by atoms with Gasteiger partial charge in [-0.15, -0.1) is 0 Å². The standard InChI is InChI=1S/C5H10NO4P/c1-8-11(7,9-2)5-3-4-10-6-5/h3-4H2,1-2H3. The molecule has 1 aliphatic rings. The third-order valence-corrected chi connectivity index (χ3v) is 3.28. The van der Waals surface area contributed by atoms with Crippen molar-refractivity contribution in [3.8, 4) is 0 Å². The summed E-state index contributed by atoms with van der Waals surface area (Å²) in [5, 5.41) is 3.55. The van der Waals surface area contributed by atoms with Crippen LogP contribution in [0.15, 0.2) is 5.16 Å². The zero-order valence-corrected chi connectivity index (χ0v) is 7.34. The zero-order chi connectivity index (χ0) is 8.32. The highest BCUT2D eigenvalue weighted by molar-refractivity contribution is 7.72. The molecule has 0 unspecified atom stereocenters. The van der Waals surface area contributed by atoms with Crippen molar-refractivity contribution < 1.29 is 18.5 Å². The second-order valence-corrected chi connectivity index (χ2v) is 4.19. The molecule has 0 fully saturated rings. The molecule has 0 aromatic heterocycles. The summed E-state index contributed by atoms with van der Waals surface area (Å²) in [6.45, 7) is 0.450. The Morgan fingerprint density at radius 2 is 2.18 bits per heavy atom. The molecule has 0 bridgehead atoms. The van der Waals surface area contributed by atoms with Gasteiger partial charge in [-0.1, -0.05) is 5.16 Å². The van der Waals surface area contributed by atoms with E-state index in [2.05, 4.69) is 9.99 Å². The molecular formula is C5H10NO4P. The number of hydrogen-bond donors (Lipinski definition) is 0. The van der Waals surface area contributed by atoms with Gasteiger partial charge in [0.1, 0.15) is 6.61 Å². The normalized spacial score (nSPS) is 17.8. The first-order valence-electron chi connectivity index (χ1n) is 3.14. The highest BCUT2D eigenvalue weighted by Gasteiger charge is 2.32. The molecular weight excluding hydrogens is 169 g/mol. The Hall–Kier alpha value is -0.380. The van der Waals surface area contributed by atoms with E-state index in [0.717, 1.165) is 0 Å². The Bertz CT molecular complexity index is 207. The Labute approximate surface area is 64.8 Å². The Morgan fingerprint density at radius 1 is 1.55 bits per heavy atom. The molecule has 0 saturated heterocycles. The smallest absolute Gasteiger partial charge is 0.378 e. The summed E-state index contributed by atoms with van der Waals surface area (Å²) < 4.78 is 20.9. The SMILES string of the molecule is COP(=O)(OC)C1=NOCC1. The molecule has 1 heterocycles. The quantitative estimate of drug-likeness (QED) is 0.611. The van der Waals surface area contributed by atoms with Crippen molar-refractivity contribution in [1.29, 1.82) is 0 Å². The number of nitrogens with zero attached hydrogens (tertiary/aromatic N) is 1. The van der Waals surface area contributed by atoms with Crippen LogP contribution in [0.5, 0.6) is 0 Å². The summed E-state index contributed by atoms with van der Waals surface area (Å²) >= 11 is 0. The Morgan fingerprint density at radius 3 is 2.55 bits per heavy atom. The van der Waals surface area contributed by atoms with E-state index < -0.39 is 7.60 Å². The van der Waals surface area contributed by atoms with Gasteiger partial charge < -0.3 is 13.9 Å². The van der Waals surface area contributed by atoms with E-state index in [1.54, 1.807) is 0 Å². The molecule has 0 aromatic rings. The van der Waals surface area contributed by atoms with Gasteiger partial charge in [0.2, 0.25) is 0 Å². The van der Waals surface area contributed by atoms with Crippen LogP contribution in [0.1, 0.15) is 6.42 Å². The predicted octanol–water partition coefficient (Wildman–Crippen LogP) is 1.21. The van der Waals surface area contributed by atoms with Gasteiger partial charge in [0.25, 0.3) is 0 Å². The first-order valence-corrected chi connectivity index (χ1v) is 4.68. The summed E-state index contributed by atoms with van der Waals surface area (Å²) in [4.78, 5) is 4.66. The molecule has 0 saturated carbocycles. The molecule has 6 heteroatoms. The van der Waals surface area contributed by atoms with Crippen LogP contribution in [-0.2, 0) is 18.5 Å². The first-order chi connectivity index (χ1) is 5.23. The third-order valence-electron chi connectivity index (χ3n) is 1.38. The highest BCUT2D eigenvalue weighted by Crippen LogP contribution is 2.50. The lowest BCUT2D eigenvalue weighted by atomic mass is 10.5. The van der Waals surface area contributed by atoms with Gasteiger partial charge in [0, 0.05) is 20.6 Å². The zero-order valence-electron chi connectivity index (χ0n) is 6.44. The molecule has 0 spiro atoms. The van der Waals surface area contributed by atoms with Crippen molar-refractivity contribution in [3.05, 3.63) is 0 Å². The minimum absolute atomic E-state index is 0.363. The largest absolute Gasteiger partial charge is 0.395 e. The van der Waals surface area contributed by atoms with Crippen LogP contribution in [0, 0.1) is 0 Å². The van der Waals surface area contributed by atoms with Crippen molar-refractivity contribution in [2.24, 2.45) is 5.16 Å². The van der Waals surface area contributed by atoms with E-state index >= 15 is 0 Å². The minimum atomic E-state index is -3.10. The molecule has 0 radical (unpaired) electrons.